The monoisotopic (exact) mass is 577 g/mol. The van der Waals surface area contributed by atoms with Crippen molar-refractivity contribution in [3.63, 3.8) is 0 Å². The van der Waals surface area contributed by atoms with Crippen LogP contribution >= 0.6 is 11.3 Å². The van der Waals surface area contributed by atoms with Gasteiger partial charge < -0.3 is 10.1 Å². The third-order valence-electron chi connectivity index (χ3n) is 7.52. The van der Waals surface area contributed by atoms with Crippen LogP contribution in [0.5, 0.6) is 5.75 Å². The quantitative estimate of drug-likeness (QED) is 0.0829. The number of unbranched alkanes of at least 4 members (excludes halogenated alkanes) is 11. The maximum absolute atomic E-state index is 13.0. The molecule has 3 aromatic rings. The van der Waals surface area contributed by atoms with E-state index in [2.05, 4.69) is 41.4 Å². The minimum absolute atomic E-state index is 0.0501. The Hall–Kier alpha value is -2.99. The second kappa shape index (κ2) is 18.4. The van der Waals surface area contributed by atoms with E-state index in [1.165, 1.54) is 69.2 Å². The van der Waals surface area contributed by atoms with Gasteiger partial charge in [0.05, 0.1) is 24.0 Å². The van der Waals surface area contributed by atoms with Gasteiger partial charge in [-0.15, -0.1) is 0 Å². The van der Waals surface area contributed by atoms with E-state index in [0.717, 1.165) is 36.2 Å². The van der Waals surface area contributed by atoms with Crippen molar-refractivity contribution in [3.8, 4) is 5.75 Å². The van der Waals surface area contributed by atoms with Crippen LogP contribution in [0, 0.1) is 6.92 Å². The molecular weight excluding hydrogens is 528 g/mol. The van der Waals surface area contributed by atoms with Crippen LogP contribution in [0.25, 0.3) is 0 Å². The van der Waals surface area contributed by atoms with Crippen molar-refractivity contribution >= 4 is 28.7 Å². The first-order chi connectivity index (χ1) is 20.0. The van der Waals surface area contributed by atoms with Gasteiger partial charge in [0.1, 0.15) is 5.75 Å². The summed E-state index contributed by atoms with van der Waals surface area (Å²) in [6.45, 7) is 7.23. The zero-order chi connectivity index (χ0) is 29.3. The van der Waals surface area contributed by atoms with Gasteiger partial charge in [-0.1, -0.05) is 113 Å². The van der Waals surface area contributed by atoms with Crippen LogP contribution in [0.4, 0.5) is 5.69 Å². The first kappa shape index (κ1) is 32.5. The number of carbonyl (C=O) groups excluding carboxylic acids is 2. The molecule has 3 rings (SSSR count). The van der Waals surface area contributed by atoms with Gasteiger partial charge in [-0.3, -0.25) is 9.59 Å². The molecule has 0 spiro atoms. The molecule has 222 valence electrons. The van der Waals surface area contributed by atoms with Crippen LogP contribution in [-0.4, -0.2) is 18.3 Å². The summed E-state index contributed by atoms with van der Waals surface area (Å²) >= 11 is 1.72. The molecule has 0 atom stereocenters. The van der Waals surface area contributed by atoms with Crippen molar-refractivity contribution in [2.45, 2.75) is 111 Å². The van der Waals surface area contributed by atoms with E-state index in [-0.39, 0.29) is 18.1 Å². The zero-order valence-corrected chi connectivity index (χ0v) is 26.2. The van der Waals surface area contributed by atoms with E-state index in [0.29, 0.717) is 17.9 Å². The fourth-order valence-electron chi connectivity index (χ4n) is 5.15. The minimum atomic E-state index is -0.127. The number of ether oxygens (including phenoxy) is 1. The number of rotatable bonds is 20. The summed E-state index contributed by atoms with van der Waals surface area (Å²) in [6, 6.07) is 13.5. The molecule has 1 aromatic heterocycles. The number of ketones is 1. The standard InChI is InChI=1S/C35H48N2O3S/c1-4-5-6-7-8-9-10-11-12-13-14-15-23-40-35-31(19-17-21-33(35)28(2)38)26-34(39)36-32-20-16-18-30(25-32)27-37-22-24-41-29(37)3/h16-22,24-25H,4-15,23,26-27H2,1-3H3/p+1. The highest BCUT2D eigenvalue weighted by molar-refractivity contribution is 7.09. The van der Waals surface area contributed by atoms with Gasteiger partial charge in [-0.25, -0.2) is 0 Å². The fourth-order valence-corrected chi connectivity index (χ4v) is 5.82. The summed E-state index contributed by atoms with van der Waals surface area (Å²) in [7, 11) is 0. The SMILES string of the molecule is CCCCCCCCCCCCCCOc1c(CC(=O)Nc2cccc(C[n+]3ccsc3C)c2)cccc1C(C)=O. The van der Waals surface area contributed by atoms with Crippen molar-refractivity contribution < 1.29 is 18.9 Å². The highest BCUT2D eigenvalue weighted by Crippen LogP contribution is 2.26. The predicted molar refractivity (Wildman–Crippen MR) is 170 cm³/mol. The normalized spacial score (nSPS) is 11.0. The summed E-state index contributed by atoms with van der Waals surface area (Å²) in [5.74, 6) is 0.375. The Bertz CT molecular complexity index is 1220. The van der Waals surface area contributed by atoms with Crippen molar-refractivity contribution in [1.29, 1.82) is 0 Å². The highest BCUT2D eigenvalue weighted by atomic mass is 32.1. The molecule has 0 fully saturated rings. The summed E-state index contributed by atoms with van der Waals surface area (Å²) < 4.78 is 8.35. The van der Waals surface area contributed by atoms with Gasteiger partial charge in [0, 0.05) is 23.7 Å². The van der Waals surface area contributed by atoms with Gasteiger partial charge in [-0.2, -0.15) is 4.57 Å². The van der Waals surface area contributed by atoms with E-state index >= 15 is 0 Å². The number of para-hydroxylation sites is 1. The number of anilines is 1. The maximum atomic E-state index is 13.0. The number of aryl methyl sites for hydroxylation is 1. The lowest BCUT2D eigenvalue weighted by atomic mass is 10.0. The van der Waals surface area contributed by atoms with Crippen LogP contribution in [0.15, 0.2) is 54.0 Å². The number of carbonyl (C=O) groups is 2. The second-order valence-electron chi connectivity index (χ2n) is 11.1. The Balaban J connectivity index is 1.45. The molecular formula is C35H49N2O3S+. The molecule has 2 aromatic carbocycles. The number of thiazole rings is 1. The molecule has 41 heavy (non-hydrogen) atoms. The summed E-state index contributed by atoms with van der Waals surface area (Å²) in [5.41, 5.74) is 3.18. The second-order valence-corrected chi connectivity index (χ2v) is 12.2. The van der Waals surface area contributed by atoms with Crippen molar-refractivity contribution in [2.24, 2.45) is 0 Å². The van der Waals surface area contributed by atoms with Crippen molar-refractivity contribution in [1.82, 2.24) is 0 Å². The van der Waals surface area contributed by atoms with E-state index in [1.807, 2.05) is 30.3 Å². The van der Waals surface area contributed by atoms with E-state index in [1.54, 1.807) is 24.3 Å². The largest absolute Gasteiger partial charge is 0.493 e. The molecule has 5 nitrogen and oxygen atoms in total. The number of nitrogens with one attached hydrogen (secondary N) is 1. The number of nitrogens with zero attached hydrogens (tertiary/aromatic N) is 1. The van der Waals surface area contributed by atoms with Gasteiger partial charge >= 0.3 is 0 Å². The summed E-state index contributed by atoms with van der Waals surface area (Å²) in [5, 5.41) is 6.35. The predicted octanol–water partition coefficient (Wildman–Crippen LogP) is 8.86. The molecule has 6 heteroatoms. The lowest BCUT2D eigenvalue weighted by Gasteiger charge is -2.15. The summed E-state index contributed by atoms with van der Waals surface area (Å²) in [4.78, 5) is 25.4. The van der Waals surface area contributed by atoms with Gasteiger partial charge in [0.25, 0.3) is 0 Å². The number of hydrogen-bond donors (Lipinski definition) is 1. The Morgan fingerprint density at radius 1 is 0.878 bits per heavy atom. The topological polar surface area (TPSA) is 59.3 Å². The Labute approximate surface area is 251 Å². The van der Waals surface area contributed by atoms with Gasteiger partial charge in [0.15, 0.2) is 18.5 Å². The molecule has 1 heterocycles. The van der Waals surface area contributed by atoms with Crippen molar-refractivity contribution in [2.75, 3.05) is 11.9 Å². The molecule has 0 aliphatic rings. The van der Waals surface area contributed by atoms with E-state index in [4.69, 9.17) is 4.74 Å². The van der Waals surface area contributed by atoms with Crippen LogP contribution in [0.1, 0.15) is 117 Å². The average molecular weight is 578 g/mol. The van der Waals surface area contributed by atoms with E-state index < -0.39 is 0 Å². The summed E-state index contributed by atoms with van der Waals surface area (Å²) in [6.07, 6.45) is 17.6. The molecule has 1 amide bonds. The number of aromatic nitrogens is 1. The molecule has 1 N–H and O–H groups in total. The molecule has 0 aliphatic heterocycles. The highest BCUT2D eigenvalue weighted by Gasteiger charge is 2.17. The zero-order valence-electron chi connectivity index (χ0n) is 25.4. The van der Waals surface area contributed by atoms with E-state index in [9.17, 15) is 9.59 Å². The molecule has 0 aliphatic carbocycles. The molecule has 0 saturated heterocycles. The smallest absolute Gasteiger partial charge is 0.234 e. The average Bonchev–Trinajstić information content (AvgIpc) is 3.35. The molecule has 0 saturated carbocycles. The van der Waals surface area contributed by atoms with Gasteiger partial charge in [0.2, 0.25) is 10.9 Å². The van der Waals surface area contributed by atoms with Crippen LogP contribution in [-0.2, 0) is 17.8 Å². The number of Topliss-reactive ketones (excluding diaryl/α,β-unsaturated/α-hetero) is 1. The Morgan fingerprint density at radius 3 is 2.17 bits per heavy atom. The van der Waals surface area contributed by atoms with Crippen LogP contribution < -0.4 is 14.6 Å². The molecule has 0 bridgehead atoms. The van der Waals surface area contributed by atoms with Crippen molar-refractivity contribution in [3.05, 3.63) is 75.7 Å². The minimum Gasteiger partial charge on any atom is -0.493 e. The molecule has 0 unspecified atom stereocenters. The maximum Gasteiger partial charge on any atom is 0.234 e. The Morgan fingerprint density at radius 2 is 1.54 bits per heavy atom. The van der Waals surface area contributed by atoms with Gasteiger partial charge in [-0.05, 0) is 31.5 Å². The third-order valence-corrected chi connectivity index (χ3v) is 8.35. The first-order valence-electron chi connectivity index (χ1n) is 15.6. The number of hydrogen-bond acceptors (Lipinski definition) is 4. The Kier molecular flexibility index (Phi) is 14.6. The molecule has 0 radical (unpaired) electrons. The fraction of sp³-hybridized carbons (Fsp3) is 0.514. The van der Waals surface area contributed by atoms with Crippen LogP contribution in [0.3, 0.4) is 0 Å². The number of benzene rings is 2. The number of amides is 1. The lowest BCUT2D eigenvalue weighted by molar-refractivity contribution is -0.689. The first-order valence-corrected chi connectivity index (χ1v) is 16.4. The lowest BCUT2D eigenvalue weighted by Crippen LogP contribution is -2.34. The van der Waals surface area contributed by atoms with Crippen LogP contribution in [0.2, 0.25) is 0 Å². The third kappa shape index (κ3) is 11.8.